The second kappa shape index (κ2) is 6.05. The number of carbonyl (C=O) groups excluding carboxylic acids is 1. The molecule has 0 radical (unpaired) electrons. The van der Waals surface area contributed by atoms with Gasteiger partial charge < -0.3 is 11.1 Å². The number of benzene rings is 1. The first-order chi connectivity index (χ1) is 9.88. The molecule has 6 heteroatoms. The lowest BCUT2D eigenvalue weighted by atomic mass is 10.0. The number of amides is 1. The van der Waals surface area contributed by atoms with Gasteiger partial charge in [0.2, 0.25) is 5.91 Å². The smallest absolute Gasteiger partial charge is 0.246 e. The van der Waals surface area contributed by atoms with Gasteiger partial charge in [-0.1, -0.05) is 24.3 Å². The Balaban J connectivity index is 2.00. The van der Waals surface area contributed by atoms with Crippen LogP contribution in [0.4, 0.5) is 5.69 Å². The molecule has 6 nitrogen and oxygen atoms in total. The lowest BCUT2D eigenvalue weighted by Crippen LogP contribution is -2.29. The Labute approximate surface area is 124 Å². The lowest BCUT2D eigenvalue weighted by Gasteiger charge is -2.13. The average Bonchev–Trinajstić information content (AvgIpc) is 2.87. The average molecular weight is 287 g/mol. The quantitative estimate of drug-likeness (QED) is 0.876. The van der Waals surface area contributed by atoms with Gasteiger partial charge in [-0.2, -0.15) is 0 Å². The van der Waals surface area contributed by atoms with E-state index in [0.717, 1.165) is 12.1 Å². The fraction of sp³-hybridized carbons (Fsp3) is 0.400. The predicted octanol–water partition coefficient (Wildman–Crippen LogP) is 1.67. The first kappa shape index (κ1) is 15.2. The number of aromatic nitrogens is 3. The number of nitrogens with zero attached hydrogens (tertiary/aromatic N) is 3. The second-order valence-electron chi connectivity index (χ2n) is 5.63. The van der Waals surface area contributed by atoms with Gasteiger partial charge >= 0.3 is 0 Å². The third kappa shape index (κ3) is 4.13. The molecular formula is C15H21N5O. The first-order valence-electron chi connectivity index (χ1n) is 6.97. The van der Waals surface area contributed by atoms with Gasteiger partial charge in [-0.25, -0.2) is 4.68 Å². The number of anilines is 1. The lowest BCUT2D eigenvalue weighted by molar-refractivity contribution is -0.116. The molecule has 2 rings (SSSR count). The van der Waals surface area contributed by atoms with E-state index in [1.165, 1.54) is 10.2 Å². The molecule has 21 heavy (non-hydrogen) atoms. The molecule has 0 atom stereocenters. The Bertz CT molecular complexity index is 627. The largest absolute Gasteiger partial charge is 0.324 e. The van der Waals surface area contributed by atoms with Crippen molar-refractivity contribution in [1.82, 2.24) is 15.0 Å². The standard InChI is InChI=1S/C15H21N5O/c1-4-11-6-5-7-12(8-11)17-14(21)10-20-9-13(18-19-20)15(2,3)16/h5-9H,4,10,16H2,1-3H3,(H,17,21). The van der Waals surface area contributed by atoms with E-state index in [1.807, 2.05) is 38.1 Å². The third-order valence-electron chi connectivity index (χ3n) is 3.12. The van der Waals surface area contributed by atoms with Crippen LogP contribution in [0.15, 0.2) is 30.5 Å². The fourth-order valence-corrected chi connectivity index (χ4v) is 1.89. The van der Waals surface area contributed by atoms with Crippen LogP contribution in [0.1, 0.15) is 32.0 Å². The summed E-state index contributed by atoms with van der Waals surface area (Å²) in [5.74, 6) is -0.144. The normalized spacial score (nSPS) is 11.4. The molecule has 0 saturated heterocycles. The second-order valence-corrected chi connectivity index (χ2v) is 5.63. The van der Waals surface area contributed by atoms with E-state index >= 15 is 0 Å². The summed E-state index contributed by atoms with van der Waals surface area (Å²) in [7, 11) is 0. The fourth-order valence-electron chi connectivity index (χ4n) is 1.89. The highest BCUT2D eigenvalue weighted by atomic mass is 16.2. The monoisotopic (exact) mass is 287 g/mol. The van der Waals surface area contributed by atoms with E-state index in [4.69, 9.17) is 5.73 Å². The first-order valence-corrected chi connectivity index (χ1v) is 6.97. The van der Waals surface area contributed by atoms with Crippen molar-refractivity contribution < 1.29 is 4.79 Å². The number of nitrogens with two attached hydrogens (primary N) is 1. The third-order valence-corrected chi connectivity index (χ3v) is 3.12. The van der Waals surface area contributed by atoms with Gasteiger partial charge in [-0.15, -0.1) is 5.10 Å². The van der Waals surface area contributed by atoms with Gasteiger partial charge in [0.25, 0.3) is 0 Å². The zero-order valence-electron chi connectivity index (χ0n) is 12.6. The molecule has 0 spiro atoms. The molecule has 112 valence electrons. The Kier molecular flexibility index (Phi) is 4.37. The summed E-state index contributed by atoms with van der Waals surface area (Å²) in [6.07, 6.45) is 2.63. The summed E-state index contributed by atoms with van der Waals surface area (Å²) in [4.78, 5) is 12.0. The summed E-state index contributed by atoms with van der Waals surface area (Å²) >= 11 is 0. The van der Waals surface area contributed by atoms with Crippen LogP contribution in [-0.4, -0.2) is 20.9 Å². The van der Waals surface area contributed by atoms with Crippen molar-refractivity contribution >= 4 is 11.6 Å². The van der Waals surface area contributed by atoms with E-state index in [1.54, 1.807) is 6.20 Å². The maximum absolute atomic E-state index is 12.0. The highest BCUT2D eigenvalue weighted by Gasteiger charge is 2.18. The molecule has 0 aliphatic carbocycles. The maximum Gasteiger partial charge on any atom is 0.246 e. The zero-order valence-corrected chi connectivity index (χ0v) is 12.6. The van der Waals surface area contributed by atoms with Crippen molar-refractivity contribution in [2.45, 2.75) is 39.3 Å². The summed E-state index contributed by atoms with van der Waals surface area (Å²) in [5, 5.41) is 10.8. The Morgan fingerprint density at radius 1 is 1.43 bits per heavy atom. The summed E-state index contributed by atoms with van der Waals surface area (Å²) in [6, 6.07) is 7.79. The van der Waals surface area contributed by atoms with Crippen molar-refractivity contribution in [1.29, 1.82) is 0 Å². The van der Waals surface area contributed by atoms with Crippen molar-refractivity contribution in [3.8, 4) is 0 Å². The number of rotatable bonds is 5. The molecule has 1 aromatic heterocycles. The molecule has 0 unspecified atom stereocenters. The van der Waals surface area contributed by atoms with Crippen molar-refractivity contribution in [2.75, 3.05) is 5.32 Å². The van der Waals surface area contributed by atoms with Gasteiger partial charge in [-0.05, 0) is 38.0 Å². The highest BCUT2D eigenvalue weighted by molar-refractivity contribution is 5.90. The number of hydrogen-bond acceptors (Lipinski definition) is 4. The minimum Gasteiger partial charge on any atom is -0.324 e. The Morgan fingerprint density at radius 2 is 2.19 bits per heavy atom. The molecule has 0 aliphatic heterocycles. The van der Waals surface area contributed by atoms with Crippen LogP contribution in [0.3, 0.4) is 0 Å². The van der Waals surface area contributed by atoms with E-state index in [-0.39, 0.29) is 12.5 Å². The van der Waals surface area contributed by atoms with Crippen LogP contribution >= 0.6 is 0 Å². The molecule has 1 aromatic carbocycles. The van der Waals surface area contributed by atoms with Crippen molar-refractivity contribution in [2.24, 2.45) is 5.73 Å². The van der Waals surface area contributed by atoms with E-state index < -0.39 is 5.54 Å². The minimum atomic E-state index is -0.565. The van der Waals surface area contributed by atoms with Crippen molar-refractivity contribution in [3.63, 3.8) is 0 Å². The Hall–Kier alpha value is -2.21. The van der Waals surface area contributed by atoms with E-state index in [0.29, 0.717) is 5.69 Å². The molecule has 2 aromatic rings. The van der Waals surface area contributed by atoms with Crippen molar-refractivity contribution in [3.05, 3.63) is 41.7 Å². The van der Waals surface area contributed by atoms with Gasteiger partial charge in [0, 0.05) is 5.69 Å². The minimum absolute atomic E-state index is 0.111. The number of hydrogen-bond donors (Lipinski definition) is 2. The Morgan fingerprint density at radius 3 is 2.81 bits per heavy atom. The van der Waals surface area contributed by atoms with Crippen LogP contribution < -0.4 is 11.1 Å². The van der Waals surface area contributed by atoms with E-state index in [2.05, 4.69) is 22.6 Å². The van der Waals surface area contributed by atoms with Gasteiger partial charge in [0.05, 0.1) is 11.7 Å². The van der Waals surface area contributed by atoms with Crippen LogP contribution in [0.2, 0.25) is 0 Å². The molecule has 3 N–H and O–H groups in total. The van der Waals surface area contributed by atoms with Crippen LogP contribution in [0, 0.1) is 0 Å². The molecule has 0 aliphatic rings. The van der Waals surface area contributed by atoms with Crippen LogP contribution in [0.5, 0.6) is 0 Å². The summed E-state index contributed by atoms with van der Waals surface area (Å²) in [6.45, 7) is 5.88. The SMILES string of the molecule is CCc1cccc(NC(=O)Cn2cc(C(C)(C)N)nn2)c1. The zero-order chi connectivity index (χ0) is 15.5. The molecule has 0 bridgehead atoms. The predicted molar refractivity (Wildman–Crippen MR) is 81.7 cm³/mol. The summed E-state index contributed by atoms with van der Waals surface area (Å²) < 4.78 is 1.49. The molecule has 0 fully saturated rings. The van der Waals surface area contributed by atoms with Crippen LogP contribution in [-0.2, 0) is 23.3 Å². The topological polar surface area (TPSA) is 85.8 Å². The van der Waals surface area contributed by atoms with Crippen LogP contribution in [0.25, 0.3) is 0 Å². The van der Waals surface area contributed by atoms with Gasteiger partial charge in [0.15, 0.2) is 0 Å². The summed E-state index contributed by atoms with van der Waals surface area (Å²) in [5.41, 5.74) is 8.00. The van der Waals surface area contributed by atoms with E-state index in [9.17, 15) is 4.79 Å². The highest BCUT2D eigenvalue weighted by Crippen LogP contribution is 2.13. The maximum atomic E-state index is 12.0. The molecule has 0 saturated carbocycles. The molecule has 1 amide bonds. The van der Waals surface area contributed by atoms with Gasteiger partial charge in [0.1, 0.15) is 12.2 Å². The number of aryl methyl sites for hydroxylation is 1. The molecular weight excluding hydrogens is 266 g/mol. The van der Waals surface area contributed by atoms with Gasteiger partial charge in [-0.3, -0.25) is 4.79 Å². The molecule has 1 heterocycles. The number of carbonyl (C=O) groups is 1. The number of nitrogens with one attached hydrogen (secondary N) is 1.